The SMILES string of the molecule is Cc1ccccc1SCc1nc2c(s1)C(N)CC(C)(C)C2. The zero-order valence-corrected chi connectivity index (χ0v) is 14.5. The Balaban J connectivity index is 1.75. The fraction of sp³-hybridized carbons (Fsp3) is 0.471. The van der Waals surface area contributed by atoms with Crippen LogP contribution in [0.1, 0.15) is 47.5 Å². The van der Waals surface area contributed by atoms with Crippen LogP contribution in [0.4, 0.5) is 0 Å². The highest BCUT2D eigenvalue weighted by atomic mass is 32.2. The van der Waals surface area contributed by atoms with Crippen molar-refractivity contribution in [3.63, 3.8) is 0 Å². The first-order valence-corrected chi connectivity index (χ1v) is 9.17. The van der Waals surface area contributed by atoms with Crippen LogP contribution in [0.15, 0.2) is 29.2 Å². The molecule has 4 heteroatoms. The third-order valence-electron chi connectivity index (χ3n) is 3.97. The minimum absolute atomic E-state index is 0.165. The van der Waals surface area contributed by atoms with Crippen LogP contribution in [0, 0.1) is 12.3 Å². The Bertz CT molecular complexity index is 646. The van der Waals surface area contributed by atoms with Crippen molar-refractivity contribution in [1.82, 2.24) is 4.98 Å². The zero-order valence-electron chi connectivity index (χ0n) is 12.8. The highest BCUT2D eigenvalue weighted by molar-refractivity contribution is 7.98. The van der Waals surface area contributed by atoms with Crippen molar-refractivity contribution in [1.29, 1.82) is 0 Å². The van der Waals surface area contributed by atoms with Crippen LogP contribution in [-0.4, -0.2) is 4.98 Å². The summed E-state index contributed by atoms with van der Waals surface area (Å²) in [5.41, 5.74) is 9.18. The van der Waals surface area contributed by atoms with Crippen LogP contribution in [0.2, 0.25) is 0 Å². The van der Waals surface area contributed by atoms with Crippen molar-refractivity contribution in [2.24, 2.45) is 11.1 Å². The van der Waals surface area contributed by atoms with Gasteiger partial charge in [-0.1, -0.05) is 32.0 Å². The number of hydrogen-bond donors (Lipinski definition) is 1. The summed E-state index contributed by atoms with van der Waals surface area (Å²) in [6, 6.07) is 8.69. The molecule has 1 aromatic carbocycles. The fourth-order valence-corrected chi connectivity index (χ4v) is 5.07. The van der Waals surface area contributed by atoms with Gasteiger partial charge in [-0.3, -0.25) is 0 Å². The highest BCUT2D eigenvalue weighted by Gasteiger charge is 2.33. The Labute approximate surface area is 135 Å². The maximum Gasteiger partial charge on any atom is 0.103 e. The van der Waals surface area contributed by atoms with Gasteiger partial charge in [-0.2, -0.15) is 0 Å². The normalized spacial score (nSPS) is 20.3. The quantitative estimate of drug-likeness (QED) is 0.833. The number of nitrogens with two attached hydrogens (primary N) is 1. The predicted molar refractivity (Wildman–Crippen MR) is 91.9 cm³/mol. The van der Waals surface area contributed by atoms with Crippen LogP contribution in [0.25, 0.3) is 0 Å². The number of rotatable bonds is 3. The van der Waals surface area contributed by atoms with Gasteiger partial charge < -0.3 is 5.73 Å². The summed E-state index contributed by atoms with van der Waals surface area (Å²) in [5, 5.41) is 1.21. The topological polar surface area (TPSA) is 38.9 Å². The molecule has 0 saturated carbocycles. The fourth-order valence-electron chi connectivity index (χ4n) is 2.96. The first-order valence-electron chi connectivity index (χ1n) is 7.37. The second-order valence-electron chi connectivity index (χ2n) is 6.62. The lowest BCUT2D eigenvalue weighted by molar-refractivity contribution is 0.282. The van der Waals surface area contributed by atoms with E-state index in [1.165, 1.54) is 26.0 Å². The van der Waals surface area contributed by atoms with E-state index in [9.17, 15) is 0 Å². The van der Waals surface area contributed by atoms with Gasteiger partial charge in [0.05, 0.1) is 11.4 Å². The third-order valence-corrected chi connectivity index (χ3v) is 6.57. The van der Waals surface area contributed by atoms with Gasteiger partial charge in [0.2, 0.25) is 0 Å². The molecule has 21 heavy (non-hydrogen) atoms. The zero-order chi connectivity index (χ0) is 15.0. The molecule has 1 heterocycles. The Morgan fingerprint density at radius 1 is 1.38 bits per heavy atom. The molecule has 0 saturated heterocycles. The molecule has 2 aromatic rings. The van der Waals surface area contributed by atoms with Crippen molar-refractivity contribution in [2.45, 2.75) is 50.3 Å². The highest BCUT2D eigenvalue weighted by Crippen LogP contribution is 2.42. The second kappa shape index (κ2) is 5.75. The summed E-state index contributed by atoms with van der Waals surface area (Å²) in [6.07, 6.45) is 2.12. The molecule has 1 unspecified atom stereocenters. The molecular formula is C17H22N2S2. The number of thiazole rings is 1. The van der Waals surface area contributed by atoms with Gasteiger partial charge in [0.25, 0.3) is 0 Å². The van der Waals surface area contributed by atoms with E-state index in [0.29, 0.717) is 0 Å². The van der Waals surface area contributed by atoms with Gasteiger partial charge in [-0.15, -0.1) is 23.1 Å². The monoisotopic (exact) mass is 318 g/mol. The second-order valence-corrected chi connectivity index (χ2v) is 8.76. The molecule has 0 spiro atoms. The average Bonchev–Trinajstić information content (AvgIpc) is 2.79. The maximum atomic E-state index is 6.33. The van der Waals surface area contributed by atoms with Crippen molar-refractivity contribution in [2.75, 3.05) is 0 Å². The Morgan fingerprint density at radius 3 is 2.90 bits per heavy atom. The molecule has 0 amide bonds. The molecule has 2 nitrogen and oxygen atoms in total. The molecule has 0 aliphatic heterocycles. The third kappa shape index (κ3) is 3.33. The number of aryl methyl sites for hydroxylation is 1. The number of hydrogen-bond acceptors (Lipinski definition) is 4. The molecule has 1 aliphatic rings. The van der Waals surface area contributed by atoms with Crippen molar-refractivity contribution >= 4 is 23.1 Å². The summed E-state index contributed by atoms with van der Waals surface area (Å²) >= 11 is 3.68. The molecule has 0 fully saturated rings. The summed E-state index contributed by atoms with van der Waals surface area (Å²) in [4.78, 5) is 7.52. The summed E-state index contributed by atoms with van der Waals surface area (Å²) in [5.74, 6) is 0.940. The maximum absolute atomic E-state index is 6.33. The van der Waals surface area contributed by atoms with Crippen LogP contribution in [0.3, 0.4) is 0 Å². The summed E-state index contributed by atoms with van der Waals surface area (Å²) in [6.45, 7) is 6.74. The standard InChI is InChI=1S/C17H22N2S2/c1-11-6-4-5-7-14(11)20-10-15-19-13-9-17(2,3)8-12(18)16(13)21-15/h4-7,12H,8-10,18H2,1-3H3. The number of fused-ring (bicyclic) bond motifs is 1. The lowest BCUT2D eigenvalue weighted by Gasteiger charge is -2.32. The van der Waals surface area contributed by atoms with Gasteiger partial charge in [0, 0.05) is 15.8 Å². The number of aromatic nitrogens is 1. The van der Waals surface area contributed by atoms with E-state index in [4.69, 9.17) is 10.7 Å². The van der Waals surface area contributed by atoms with Crippen LogP contribution < -0.4 is 5.73 Å². The molecule has 0 bridgehead atoms. The molecule has 1 aromatic heterocycles. The predicted octanol–water partition coefficient (Wildman–Crippen LogP) is 4.72. The van der Waals surface area contributed by atoms with Crippen LogP contribution in [-0.2, 0) is 12.2 Å². The van der Waals surface area contributed by atoms with E-state index >= 15 is 0 Å². The Hall–Kier alpha value is -0.840. The van der Waals surface area contributed by atoms with E-state index in [0.717, 1.165) is 18.6 Å². The van der Waals surface area contributed by atoms with Gasteiger partial charge in [0.1, 0.15) is 5.01 Å². The number of benzene rings is 1. The molecule has 112 valence electrons. The van der Waals surface area contributed by atoms with Crippen molar-refractivity contribution in [3.05, 3.63) is 45.4 Å². The first kappa shape index (κ1) is 15.1. The summed E-state index contributed by atoms with van der Waals surface area (Å²) in [7, 11) is 0. The molecule has 1 aliphatic carbocycles. The molecule has 2 N–H and O–H groups in total. The number of nitrogens with zero attached hydrogens (tertiary/aromatic N) is 1. The molecule has 0 radical (unpaired) electrons. The smallest absolute Gasteiger partial charge is 0.103 e. The molecule has 1 atom stereocenters. The van der Waals surface area contributed by atoms with E-state index in [-0.39, 0.29) is 11.5 Å². The Morgan fingerprint density at radius 2 is 2.14 bits per heavy atom. The van der Waals surface area contributed by atoms with Gasteiger partial charge in [-0.05, 0) is 36.8 Å². The number of thioether (sulfide) groups is 1. The van der Waals surface area contributed by atoms with E-state index in [1.54, 1.807) is 0 Å². The van der Waals surface area contributed by atoms with E-state index in [2.05, 4.69) is 45.0 Å². The van der Waals surface area contributed by atoms with Gasteiger partial charge >= 0.3 is 0 Å². The van der Waals surface area contributed by atoms with Crippen LogP contribution in [0.5, 0.6) is 0 Å². The van der Waals surface area contributed by atoms with Gasteiger partial charge in [-0.25, -0.2) is 4.98 Å². The average molecular weight is 319 g/mol. The minimum Gasteiger partial charge on any atom is -0.323 e. The Kier molecular flexibility index (Phi) is 4.12. The lowest BCUT2D eigenvalue weighted by atomic mass is 9.77. The van der Waals surface area contributed by atoms with E-state index < -0.39 is 0 Å². The molecule has 3 rings (SSSR count). The van der Waals surface area contributed by atoms with Gasteiger partial charge in [0.15, 0.2) is 0 Å². The van der Waals surface area contributed by atoms with E-state index in [1.807, 2.05) is 23.1 Å². The summed E-state index contributed by atoms with van der Waals surface area (Å²) < 4.78 is 0. The lowest BCUT2D eigenvalue weighted by Crippen LogP contribution is -2.28. The largest absolute Gasteiger partial charge is 0.323 e. The molecular weight excluding hydrogens is 296 g/mol. The minimum atomic E-state index is 0.165. The first-order chi connectivity index (χ1) is 9.94. The van der Waals surface area contributed by atoms with Crippen molar-refractivity contribution < 1.29 is 0 Å². The van der Waals surface area contributed by atoms with Crippen molar-refractivity contribution in [3.8, 4) is 0 Å². The van der Waals surface area contributed by atoms with Crippen LogP contribution >= 0.6 is 23.1 Å².